The SMILES string of the molecule is CNC(=O)[C@H](C)N(Cc1ccccc1F)C(=O)CN(c1ccc(C)c(C)c1)S(C)(=O)=O. The van der Waals surface area contributed by atoms with Crippen molar-refractivity contribution in [2.45, 2.75) is 33.4 Å². The van der Waals surface area contributed by atoms with Gasteiger partial charge in [-0.15, -0.1) is 0 Å². The highest BCUT2D eigenvalue weighted by atomic mass is 32.2. The van der Waals surface area contributed by atoms with Crippen LogP contribution in [-0.2, 0) is 26.2 Å². The Morgan fingerprint density at radius 2 is 1.74 bits per heavy atom. The van der Waals surface area contributed by atoms with Crippen molar-refractivity contribution >= 4 is 27.5 Å². The highest BCUT2D eigenvalue weighted by molar-refractivity contribution is 7.92. The highest BCUT2D eigenvalue weighted by Crippen LogP contribution is 2.22. The van der Waals surface area contributed by atoms with E-state index in [1.807, 2.05) is 13.8 Å². The smallest absolute Gasteiger partial charge is 0.244 e. The van der Waals surface area contributed by atoms with Crippen molar-refractivity contribution < 1.29 is 22.4 Å². The Labute approximate surface area is 182 Å². The van der Waals surface area contributed by atoms with Gasteiger partial charge in [0.25, 0.3) is 0 Å². The quantitative estimate of drug-likeness (QED) is 0.670. The fraction of sp³-hybridized carbons (Fsp3) is 0.364. The van der Waals surface area contributed by atoms with Gasteiger partial charge in [0.2, 0.25) is 21.8 Å². The number of aryl methyl sites for hydroxylation is 2. The molecule has 0 saturated carbocycles. The van der Waals surface area contributed by atoms with Crippen LogP contribution in [0.3, 0.4) is 0 Å². The van der Waals surface area contributed by atoms with Crippen LogP contribution < -0.4 is 9.62 Å². The van der Waals surface area contributed by atoms with Gasteiger partial charge in [0.15, 0.2) is 0 Å². The summed E-state index contributed by atoms with van der Waals surface area (Å²) in [5.74, 6) is -1.58. The molecular formula is C22H28FN3O4S. The summed E-state index contributed by atoms with van der Waals surface area (Å²) in [4.78, 5) is 26.6. The minimum absolute atomic E-state index is 0.176. The second kappa shape index (κ2) is 9.91. The summed E-state index contributed by atoms with van der Waals surface area (Å²) in [6.07, 6.45) is 1.01. The van der Waals surface area contributed by atoms with E-state index in [0.717, 1.165) is 21.7 Å². The van der Waals surface area contributed by atoms with Gasteiger partial charge < -0.3 is 10.2 Å². The molecule has 1 atom stereocenters. The van der Waals surface area contributed by atoms with Crippen molar-refractivity contribution in [3.63, 3.8) is 0 Å². The summed E-state index contributed by atoms with van der Waals surface area (Å²) in [5, 5.41) is 2.47. The van der Waals surface area contributed by atoms with Crippen molar-refractivity contribution in [1.82, 2.24) is 10.2 Å². The van der Waals surface area contributed by atoms with Crippen LogP contribution in [0.15, 0.2) is 42.5 Å². The fourth-order valence-corrected chi connectivity index (χ4v) is 3.94. The third kappa shape index (κ3) is 6.04. The minimum atomic E-state index is -3.80. The van der Waals surface area contributed by atoms with E-state index in [1.54, 1.807) is 24.3 Å². The van der Waals surface area contributed by atoms with Crippen LogP contribution in [0.25, 0.3) is 0 Å². The molecule has 0 aliphatic rings. The van der Waals surface area contributed by atoms with Gasteiger partial charge in [0.1, 0.15) is 18.4 Å². The third-order valence-electron chi connectivity index (χ3n) is 5.17. The largest absolute Gasteiger partial charge is 0.357 e. The first-order valence-electron chi connectivity index (χ1n) is 9.75. The lowest BCUT2D eigenvalue weighted by Gasteiger charge is -2.31. The lowest BCUT2D eigenvalue weighted by Crippen LogP contribution is -2.50. The van der Waals surface area contributed by atoms with Gasteiger partial charge in [0.05, 0.1) is 11.9 Å². The lowest BCUT2D eigenvalue weighted by molar-refractivity contribution is -0.139. The number of carbonyl (C=O) groups excluding carboxylic acids is 2. The zero-order valence-corrected chi connectivity index (χ0v) is 19.2. The number of hydrogen-bond acceptors (Lipinski definition) is 4. The molecule has 0 aromatic heterocycles. The molecule has 2 amide bonds. The van der Waals surface area contributed by atoms with Crippen molar-refractivity contribution in [2.75, 3.05) is 24.2 Å². The van der Waals surface area contributed by atoms with Crippen LogP contribution in [0, 0.1) is 19.7 Å². The summed E-state index contributed by atoms with van der Waals surface area (Å²) in [5.41, 5.74) is 2.43. The molecule has 0 fully saturated rings. The van der Waals surface area contributed by atoms with E-state index >= 15 is 0 Å². The fourth-order valence-electron chi connectivity index (χ4n) is 3.10. The second-order valence-electron chi connectivity index (χ2n) is 7.44. The molecule has 2 rings (SSSR count). The first kappa shape index (κ1) is 24.3. The number of halogens is 1. The zero-order valence-electron chi connectivity index (χ0n) is 18.3. The Bertz CT molecular complexity index is 1070. The van der Waals surface area contributed by atoms with Crippen LogP contribution in [0.1, 0.15) is 23.6 Å². The predicted octanol–water partition coefficient (Wildman–Crippen LogP) is 2.37. The summed E-state index contributed by atoms with van der Waals surface area (Å²) in [7, 11) is -2.36. The molecule has 2 aromatic carbocycles. The molecule has 1 N–H and O–H groups in total. The van der Waals surface area contributed by atoms with Gasteiger partial charge in [-0.25, -0.2) is 12.8 Å². The summed E-state index contributed by atoms with van der Waals surface area (Å²) in [6.45, 7) is 4.57. The van der Waals surface area contributed by atoms with Gasteiger partial charge in [0, 0.05) is 19.2 Å². The number of carbonyl (C=O) groups is 2. The van der Waals surface area contributed by atoms with Crippen LogP contribution in [0.5, 0.6) is 0 Å². The standard InChI is InChI=1S/C22H28FN3O4S/c1-15-10-11-19(12-16(15)2)26(31(5,29)30)14-21(27)25(17(3)22(28)24-4)13-18-8-6-7-9-20(18)23/h6-12,17H,13-14H2,1-5H3,(H,24,28)/t17-/m0/s1. The van der Waals surface area contributed by atoms with Crippen LogP contribution >= 0.6 is 0 Å². The predicted molar refractivity (Wildman–Crippen MR) is 119 cm³/mol. The van der Waals surface area contributed by atoms with Crippen molar-refractivity contribution in [3.05, 3.63) is 65.0 Å². The first-order chi connectivity index (χ1) is 14.5. The number of benzene rings is 2. The van der Waals surface area contributed by atoms with Crippen LogP contribution in [0.4, 0.5) is 10.1 Å². The second-order valence-corrected chi connectivity index (χ2v) is 9.35. The first-order valence-corrected chi connectivity index (χ1v) is 11.6. The Morgan fingerprint density at radius 3 is 2.29 bits per heavy atom. The maximum absolute atomic E-state index is 14.2. The molecular weight excluding hydrogens is 421 g/mol. The van der Waals surface area contributed by atoms with Gasteiger partial charge in [-0.05, 0) is 50.1 Å². The monoisotopic (exact) mass is 449 g/mol. The number of nitrogens with zero attached hydrogens (tertiary/aromatic N) is 2. The molecule has 31 heavy (non-hydrogen) atoms. The Morgan fingerprint density at radius 1 is 1.10 bits per heavy atom. The molecule has 9 heteroatoms. The summed E-state index contributed by atoms with van der Waals surface area (Å²) in [6, 6.07) is 10.1. The summed E-state index contributed by atoms with van der Waals surface area (Å²) >= 11 is 0. The molecule has 0 aliphatic heterocycles. The third-order valence-corrected chi connectivity index (χ3v) is 6.31. The Hall–Kier alpha value is -2.94. The van der Waals surface area contributed by atoms with Crippen molar-refractivity contribution in [2.24, 2.45) is 0 Å². The van der Waals surface area contributed by atoms with Gasteiger partial charge >= 0.3 is 0 Å². The van der Waals surface area contributed by atoms with Crippen molar-refractivity contribution in [1.29, 1.82) is 0 Å². The molecule has 7 nitrogen and oxygen atoms in total. The van der Waals surface area contributed by atoms with Gasteiger partial charge in [-0.1, -0.05) is 24.3 Å². The van der Waals surface area contributed by atoms with E-state index in [1.165, 1.54) is 37.1 Å². The molecule has 168 valence electrons. The number of hydrogen-bond donors (Lipinski definition) is 1. The summed E-state index contributed by atoms with van der Waals surface area (Å²) < 4.78 is 40.2. The van der Waals surface area contributed by atoms with Gasteiger partial charge in [-0.2, -0.15) is 0 Å². The Kier molecular flexibility index (Phi) is 7.78. The maximum Gasteiger partial charge on any atom is 0.244 e. The van der Waals surface area contributed by atoms with E-state index in [9.17, 15) is 22.4 Å². The molecule has 0 radical (unpaired) electrons. The van der Waals surface area contributed by atoms with Gasteiger partial charge in [-0.3, -0.25) is 13.9 Å². The normalized spacial score (nSPS) is 12.2. The molecule has 0 spiro atoms. The number of likely N-dealkylation sites (N-methyl/N-ethyl adjacent to an activating group) is 1. The maximum atomic E-state index is 14.2. The average Bonchev–Trinajstić information content (AvgIpc) is 2.71. The molecule has 0 aliphatic carbocycles. The number of sulfonamides is 1. The lowest BCUT2D eigenvalue weighted by atomic mass is 10.1. The molecule has 0 bridgehead atoms. The highest BCUT2D eigenvalue weighted by Gasteiger charge is 2.30. The average molecular weight is 450 g/mol. The zero-order chi connectivity index (χ0) is 23.3. The van der Waals surface area contributed by atoms with Crippen LogP contribution in [-0.4, -0.2) is 51.0 Å². The van der Waals surface area contributed by atoms with E-state index in [-0.39, 0.29) is 12.1 Å². The van der Waals surface area contributed by atoms with Crippen LogP contribution in [0.2, 0.25) is 0 Å². The number of rotatable bonds is 8. The molecule has 0 heterocycles. The van der Waals surface area contributed by atoms with Crippen molar-refractivity contribution in [3.8, 4) is 0 Å². The molecule has 0 saturated heterocycles. The molecule has 2 aromatic rings. The number of nitrogens with one attached hydrogen (secondary N) is 1. The number of anilines is 1. The topological polar surface area (TPSA) is 86.8 Å². The minimum Gasteiger partial charge on any atom is -0.357 e. The molecule has 0 unspecified atom stereocenters. The van der Waals surface area contributed by atoms with E-state index in [4.69, 9.17) is 0 Å². The van der Waals surface area contributed by atoms with E-state index in [2.05, 4.69) is 5.32 Å². The van der Waals surface area contributed by atoms with E-state index in [0.29, 0.717) is 5.69 Å². The number of amides is 2. The van der Waals surface area contributed by atoms with E-state index < -0.39 is 40.2 Å². The Balaban J connectivity index is 2.42.